The molecule has 0 saturated carbocycles. The lowest BCUT2D eigenvalue weighted by Crippen LogP contribution is -2.02. The van der Waals surface area contributed by atoms with Crippen molar-refractivity contribution >= 4 is 87.2 Å². The normalized spacial score (nSPS) is 11.6. The molecule has 106 heavy (non-hydrogen) atoms. The van der Waals surface area contributed by atoms with Crippen molar-refractivity contribution in [3.8, 4) is 102 Å². The fourth-order valence-electron chi connectivity index (χ4n) is 15.6. The van der Waals surface area contributed by atoms with Gasteiger partial charge in [0.2, 0.25) is 0 Å². The van der Waals surface area contributed by atoms with E-state index in [0.717, 1.165) is 84.3 Å². The summed E-state index contributed by atoms with van der Waals surface area (Å²) in [7, 11) is 0. The smallest absolute Gasteiger partial charge is 0.162 e. The Morgan fingerprint density at radius 1 is 0.170 bits per heavy atom. The van der Waals surface area contributed by atoms with Gasteiger partial charge in [0.25, 0.3) is 0 Å². The SMILES string of the molecule is c1ccc(-c2cc(-n3c4ccccc4c4cc(-c5ccc6c(c5)c5ccccc5n6-c5ccncc5)ccc43)nc(-c3ccccc3)n2)cc1.c1ccc(-c2ccc3c(c2)c2cc(-c4ccc5c(c4)c4ccccc4n5-c4ccccc4)ccc2n3-c2cc(-c3ccccc3)nc(-c3ccccc3)n2)cc1. The summed E-state index contributed by atoms with van der Waals surface area (Å²) >= 11 is 0. The van der Waals surface area contributed by atoms with E-state index in [9.17, 15) is 0 Å². The van der Waals surface area contributed by atoms with E-state index in [-0.39, 0.29) is 0 Å². The molecule has 21 aromatic rings. The first-order valence-electron chi connectivity index (χ1n) is 35.8. The average molecular weight is 1350 g/mol. The first-order chi connectivity index (χ1) is 52.6. The van der Waals surface area contributed by atoms with E-state index in [1.165, 1.54) is 93.0 Å². The van der Waals surface area contributed by atoms with Crippen LogP contribution in [0.2, 0.25) is 0 Å². The lowest BCUT2D eigenvalue weighted by molar-refractivity contribution is 1.05. The van der Waals surface area contributed by atoms with Crippen molar-refractivity contribution in [2.75, 3.05) is 0 Å². The molecular formula is C97H63N9. The molecule has 7 aromatic heterocycles. The predicted octanol–water partition coefficient (Wildman–Crippen LogP) is 24.4. The van der Waals surface area contributed by atoms with Crippen LogP contribution < -0.4 is 0 Å². The topological polar surface area (TPSA) is 84.2 Å². The quantitative estimate of drug-likeness (QED) is 0.129. The number of hydrogen-bond donors (Lipinski definition) is 0. The highest BCUT2D eigenvalue weighted by Crippen LogP contribution is 2.43. The molecule has 9 nitrogen and oxygen atoms in total. The first kappa shape index (κ1) is 61.5. The molecule has 496 valence electrons. The largest absolute Gasteiger partial charge is 0.309 e. The van der Waals surface area contributed by atoms with Crippen LogP contribution >= 0.6 is 0 Å². The van der Waals surface area contributed by atoms with Gasteiger partial charge in [-0.1, -0.05) is 255 Å². The standard InChI is InChI=1S/C52H34N4.C45H29N5/c1-5-15-35(16-6-1)38-25-29-49-44(31-38)45-33-40(39-26-28-48-43(32-39)42-23-13-14-24-47(42)55(48)41-21-11-4-12-22-41)27-30-50(45)56(49)51-34-46(36-17-7-2-8-18-36)53-52(54-51)37-19-9-3-10-20-37;1-3-11-30(12-4-1)39-29-44(48-45(47-39)31-13-5-2-6-14-31)50-41-18-10-8-16-36(41)38-28-33(20-22-43(38)50)32-19-21-42-37(27-32)35-15-7-9-17-40(35)49(42)34-23-25-46-26-24-34/h1-34H;1-29H. The summed E-state index contributed by atoms with van der Waals surface area (Å²) in [6.07, 6.45) is 3.70. The lowest BCUT2D eigenvalue weighted by Gasteiger charge is -2.12. The van der Waals surface area contributed by atoms with Crippen molar-refractivity contribution in [1.29, 1.82) is 0 Å². The molecule has 21 rings (SSSR count). The maximum Gasteiger partial charge on any atom is 0.162 e. The number of benzene rings is 14. The Morgan fingerprint density at radius 2 is 0.434 bits per heavy atom. The van der Waals surface area contributed by atoms with Gasteiger partial charge >= 0.3 is 0 Å². The van der Waals surface area contributed by atoms with E-state index >= 15 is 0 Å². The van der Waals surface area contributed by atoms with E-state index in [0.29, 0.717) is 11.6 Å². The maximum atomic E-state index is 5.27. The number of fused-ring (bicyclic) bond motifs is 12. The predicted molar refractivity (Wildman–Crippen MR) is 437 cm³/mol. The Labute approximate surface area is 610 Å². The van der Waals surface area contributed by atoms with Crippen molar-refractivity contribution in [3.63, 3.8) is 0 Å². The summed E-state index contributed by atoms with van der Waals surface area (Å²) in [4.78, 5) is 24.8. The zero-order chi connectivity index (χ0) is 70.0. The van der Waals surface area contributed by atoms with Gasteiger partial charge in [-0.05, 0) is 137 Å². The number of rotatable bonds is 11. The summed E-state index contributed by atoms with van der Waals surface area (Å²) in [6, 6.07) is 131. The van der Waals surface area contributed by atoms with Crippen LogP contribution in [0.15, 0.2) is 382 Å². The van der Waals surface area contributed by atoms with Gasteiger partial charge in [-0.2, -0.15) is 0 Å². The highest BCUT2D eigenvalue weighted by molar-refractivity contribution is 6.15. The van der Waals surface area contributed by atoms with E-state index in [2.05, 4.69) is 345 Å². The molecule has 0 bridgehead atoms. The van der Waals surface area contributed by atoms with Gasteiger partial charge in [0, 0.05) is 101 Å². The van der Waals surface area contributed by atoms with Gasteiger partial charge in [-0.25, -0.2) is 19.9 Å². The minimum atomic E-state index is 0.692. The van der Waals surface area contributed by atoms with Crippen LogP contribution in [-0.4, -0.2) is 43.2 Å². The maximum absolute atomic E-state index is 5.27. The van der Waals surface area contributed by atoms with Gasteiger partial charge in [-0.3, -0.25) is 14.1 Å². The Kier molecular flexibility index (Phi) is 15.0. The third-order valence-corrected chi connectivity index (χ3v) is 20.6. The van der Waals surface area contributed by atoms with Crippen molar-refractivity contribution in [3.05, 3.63) is 382 Å². The highest BCUT2D eigenvalue weighted by atomic mass is 15.1. The average Bonchev–Trinajstić information content (AvgIpc) is 1.59. The molecule has 0 atom stereocenters. The fraction of sp³-hybridized carbons (Fsp3) is 0. The summed E-state index contributed by atoms with van der Waals surface area (Å²) < 4.78 is 9.27. The van der Waals surface area contributed by atoms with Crippen molar-refractivity contribution in [2.24, 2.45) is 0 Å². The van der Waals surface area contributed by atoms with Crippen LogP contribution in [0, 0.1) is 0 Å². The molecule has 0 radical (unpaired) electrons. The van der Waals surface area contributed by atoms with Crippen molar-refractivity contribution in [2.45, 2.75) is 0 Å². The second-order valence-corrected chi connectivity index (χ2v) is 26.8. The third kappa shape index (κ3) is 10.8. The van der Waals surface area contributed by atoms with E-state index in [1.807, 2.05) is 60.9 Å². The molecule has 0 saturated heterocycles. The fourth-order valence-corrected chi connectivity index (χ4v) is 15.6. The second kappa shape index (κ2) is 25.9. The first-order valence-corrected chi connectivity index (χ1v) is 35.8. The summed E-state index contributed by atoms with van der Waals surface area (Å²) in [5.41, 5.74) is 24.3. The molecule has 0 spiro atoms. The van der Waals surface area contributed by atoms with Gasteiger partial charge in [-0.15, -0.1) is 0 Å². The third-order valence-electron chi connectivity index (χ3n) is 20.6. The Bertz CT molecular complexity index is 6790. The summed E-state index contributed by atoms with van der Waals surface area (Å²) in [5.74, 6) is 3.05. The number of para-hydroxylation sites is 4. The van der Waals surface area contributed by atoms with Gasteiger partial charge in [0.15, 0.2) is 11.6 Å². The van der Waals surface area contributed by atoms with Crippen LogP contribution in [0.1, 0.15) is 0 Å². The lowest BCUT2D eigenvalue weighted by atomic mass is 9.99. The zero-order valence-electron chi connectivity index (χ0n) is 57.4. The van der Waals surface area contributed by atoms with Crippen LogP contribution in [-0.2, 0) is 0 Å². The summed E-state index contributed by atoms with van der Waals surface area (Å²) in [5, 5.41) is 9.63. The molecule has 0 aliphatic heterocycles. The molecule has 0 N–H and O–H groups in total. The second-order valence-electron chi connectivity index (χ2n) is 26.8. The van der Waals surface area contributed by atoms with Gasteiger partial charge < -0.3 is 9.13 Å². The minimum absolute atomic E-state index is 0.692. The Hall–Kier alpha value is -14.4. The molecule has 7 heterocycles. The Morgan fingerprint density at radius 3 is 0.802 bits per heavy atom. The van der Waals surface area contributed by atoms with Crippen LogP contribution in [0.3, 0.4) is 0 Å². The number of pyridine rings is 1. The molecule has 0 aliphatic carbocycles. The van der Waals surface area contributed by atoms with Crippen LogP contribution in [0.25, 0.3) is 189 Å². The van der Waals surface area contributed by atoms with E-state index in [1.54, 1.807) is 0 Å². The van der Waals surface area contributed by atoms with Crippen molar-refractivity contribution in [1.82, 2.24) is 43.2 Å². The molecule has 0 amide bonds. The molecular weight excluding hydrogens is 1290 g/mol. The molecule has 0 aliphatic rings. The van der Waals surface area contributed by atoms with Crippen molar-refractivity contribution < 1.29 is 0 Å². The number of aromatic nitrogens is 9. The van der Waals surface area contributed by atoms with Crippen LogP contribution in [0.5, 0.6) is 0 Å². The zero-order valence-corrected chi connectivity index (χ0v) is 57.4. The molecule has 9 heteroatoms. The van der Waals surface area contributed by atoms with E-state index < -0.39 is 0 Å². The summed E-state index contributed by atoms with van der Waals surface area (Å²) in [6.45, 7) is 0. The van der Waals surface area contributed by atoms with Crippen LogP contribution in [0.4, 0.5) is 0 Å². The minimum Gasteiger partial charge on any atom is -0.309 e. The Balaban J connectivity index is 0.000000141. The molecule has 0 fully saturated rings. The number of hydrogen-bond acceptors (Lipinski definition) is 5. The van der Waals surface area contributed by atoms with Gasteiger partial charge in [0.1, 0.15) is 11.6 Å². The number of nitrogens with zero attached hydrogens (tertiary/aromatic N) is 9. The monoisotopic (exact) mass is 1350 g/mol. The molecule has 14 aromatic carbocycles. The van der Waals surface area contributed by atoms with Gasteiger partial charge in [0.05, 0.1) is 55.5 Å². The molecule has 0 unspecified atom stereocenters. The van der Waals surface area contributed by atoms with E-state index in [4.69, 9.17) is 19.9 Å². The highest BCUT2D eigenvalue weighted by Gasteiger charge is 2.23.